The number of hydrogen-bond acceptors (Lipinski definition) is 2. The number of aryl methyl sites for hydroxylation is 3. The molecule has 0 saturated heterocycles. The van der Waals surface area contributed by atoms with Crippen LogP contribution < -0.4 is 0 Å². The van der Waals surface area contributed by atoms with Crippen LogP contribution in [0.25, 0.3) is 11.0 Å². The van der Waals surface area contributed by atoms with E-state index in [0.29, 0.717) is 12.3 Å². The average Bonchev–Trinajstić information content (AvgIpc) is 2.71. The molecule has 0 bridgehead atoms. The van der Waals surface area contributed by atoms with Crippen LogP contribution in [0.1, 0.15) is 50.1 Å². The maximum atomic E-state index is 10.6. The van der Waals surface area contributed by atoms with Gasteiger partial charge in [-0.15, -0.1) is 0 Å². The molecule has 4 heteroatoms. The van der Waals surface area contributed by atoms with E-state index in [9.17, 15) is 4.79 Å². The SMILES string of the molecule is Cc1cc2nc(CC(C)C)n(CCCCC(=O)O)c2cc1C. The van der Waals surface area contributed by atoms with Crippen molar-refractivity contribution in [2.24, 2.45) is 5.92 Å². The molecule has 0 saturated carbocycles. The summed E-state index contributed by atoms with van der Waals surface area (Å²) in [6, 6.07) is 4.36. The molecule has 0 aliphatic rings. The van der Waals surface area contributed by atoms with Crippen LogP contribution in [0.3, 0.4) is 0 Å². The van der Waals surface area contributed by atoms with Crippen LogP contribution in [0.15, 0.2) is 12.1 Å². The summed E-state index contributed by atoms with van der Waals surface area (Å²) in [7, 11) is 0. The molecule has 0 spiro atoms. The summed E-state index contributed by atoms with van der Waals surface area (Å²) in [5, 5.41) is 8.76. The summed E-state index contributed by atoms with van der Waals surface area (Å²) in [5.41, 5.74) is 4.76. The van der Waals surface area contributed by atoms with Gasteiger partial charge in [-0.1, -0.05) is 13.8 Å². The number of aromatic nitrogens is 2. The fraction of sp³-hybridized carbons (Fsp3) is 0.556. The molecule has 1 aromatic heterocycles. The Balaban J connectivity index is 2.30. The van der Waals surface area contributed by atoms with Crippen molar-refractivity contribution in [3.05, 3.63) is 29.1 Å². The summed E-state index contributed by atoms with van der Waals surface area (Å²) in [5.74, 6) is 0.950. The van der Waals surface area contributed by atoms with Gasteiger partial charge in [-0.25, -0.2) is 4.98 Å². The minimum absolute atomic E-state index is 0.240. The predicted molar refractivity (Wildman–Crippen MR) is 89.2 cm³/mol. The molecule has 0 unspecified atom stereocenters. The highest BCUT2D eigenvalue weighted by molar-refractivity contribution is 5.78. The van der Waals surface area contributed by atoms with Gasteiger partial charge < -0.3 is 9.67 Å². The largest absolute Gasteiger partial charge is 0.481 e. The zero-order valence-electron chi connectivity index (χ0n) is 14.0. The maximum absolute atomic E-state index is 10.6. The number of benzene rings is 1. The van der Waals surface area contributed by atoms with E-state index in [0.717, 1.165) is 30.7 Å². The van der Waals surface area contributed by atoms with E-state index in [4.69, 9.17) is 10.1 Å². The lowest BCUT2D eigenvalue weighted by Gasteiger charge is -2.11. The van der Waals surface area contributed by atoms with Crippen molar-refractivity contribution in [1.29, 1.82) is 0 Å². The number of rotatable bonds is 7. The molecule has 120 valence electrons. The highest BCUT2D eigenvalue weighted by Gasteiger charge is 2.13. The lowest BCUT2D eigenvalue weighted by Crippen LogP contribution is -2.08. The second kappa shape index (κ2) is 6.95. The van der Waals surface area contributed by atoms with E-state index in [1.807, 2.05) is 0 Å². The van der Waals surface area contributed by atoms with E-state index in [1.165, 1.54) is 16.6 Å². The van der Waals surface area contributed by atoms with Crippen molar-refractivity contribution in [3.8, 4) is 0 Å². The monoisotopic (exact) mass is 302 g/mol. The molecule has 0 atom stereocenters. The zero-order valence-corrected chi connectivity index (χ0v) is 14.0. The molecule has 0 aliphatic heterocycles. The van der Waals surface area contributed by atoms with Crippen LogP contribution in [0.2, 0.25) is 0 Å². The number of carboxylic acid groups (broad SMARTS) is 1. The summed E-state index contributed by atoms with van der Waals surface area (Å²) in [4.78, 5) is 15.5. The van der Waals surface area contributed by atoms with Gasteiger partial charge in [-0.2, -0.15) is 0 Å². The van der Waals surface area contributed by atoms with Crippen LogP contribution in [0.5, 0.6) is 0 Å². The van der Waals surface area contributed by atoms with E-state index in [-0.39, 0.29) is 6.42 Å². The lowest BCUT2D eigenvalue weighted by molar-refractivity contribution is -0.137. The topological polar surface area (TPSA) is 55.1 Å². The molecule has 1 N–H and O–H groups in total. The van der Waals surface area contributed by atoms with Crippen LogP contribution in [-0.4, -0.2) is 20.6 Å². The van der Waals surface area contributed by atoms with Gasteiger partial charge in [0.05, 0.1) is 11.0 Å². The predicted octanol–water partition coefficient (Wildman–Crippen LogP) is 4.11. The molecule has 2 aromatic rings. The maximum Gasteiger partial charge on any atom is 0.303 e. The van der Waals surface area contributed by atoms with Gasteiger partial charge in [-0.05, 0) is 55.9 Å². The third kappa shape index (κ3) is 3.87. The fourth-order valence-electron chi connectivity index (χ4n) is 2.75. The minimum atomic E-state index is -0.718. The Kier molecular flexibility index (Phi) is 5.22. The first kappa shape index (κ1) is 16.5. The van der Waals surface area contributed by atoms with Crippen molar-refractivity contribution >= 4 is 17.0 Å². The van der Waals surface area contributed by atoms with Crippen LogP contribution in [0, 0.1) is 19.8 Å². The Labute approximate surface area is 132 Å². The van der Waals surface area contributed by atoms with Gasteiger partial charge in [-0.3, -0.25) is 4.79 Å². The van der Waals surface area contributed by atoms with Crippen molar-refractivity contribution < 1.29 is 9.90 Å². The molecule has 1 aromatic carbocycles. The molecule has 0 amide bonds. The molecule has 0 radical (unpaired) electrons. The standard InChI is InChI=1S/C18H26N2O2/c1-12(2)9-17-19-15-10-13(3)14(4)11-16(15)20(17)8-6-5-7-18(21)22/h10-12H,5-9H2,1-4H3,(H,21,22). The quantitative estimate of drug-likeness (QED) is 0.783. The minimum Gasteiger partial charge on any atom is -0.481 e. The van der Waals surface area contributed by atoms with Gasteiger partial charge >= 0.3 is 5.97 Å². The van der Waals surface area contributed by atoms with E-state index >= 15 is 0 Å². The molecular formula is C18H26N2O2. The number of unbranched alkanes of at least 4 members (excludes halogenated alkanes) is 1. The van der Waals surface area contributed by atoms with Gasteiger partial charge in [0.15, 0.2) is 0 Å². The first-order valence-corrected chi connectivity index (χ1v) is 8.06. The molecule has 2 rings (SSSR count). The van der Waals surface area contributed by atoms with E-state index in [1.54, 1.807) is 0 Å². The van der Waals surface area contributed by atoms with Crippen LogP contribution in [-0.2, 0) is 17.8 Å². The van der Waals surface area contributed by atoms with Gasteiger partial charge in [0.2, 0.25) is 0 Å². The summed E-state index contributed by atoms with van der Waals surface area (Å²) in [6.07, 6.45) is 2.77. The average molecular weight is 302 g/mol. The highest BCUT2D eigenvalue weighted by Crippen LogP contribution is 2.23. The number of imidazole rings is 1. The number of fused-ring (bicyclic) bond motifs is 1. The van der Waals surface area contributed by atoms with E-state index in [2.05, 4.69) is 44.4 Å². The number of carboxylic acids is 1. The fourth-order valence-corrected chi connectivity index (χ4v) is 2.75. The third-order valence-electron chi connectivity index (χ3n) is 4.06. The summed E-state index contributed by atoms with van der Waals surface area (Å²) >= 11 is 0. The third-order valence-corrected chi connectivity index (χ3v) is 4.06. The molecule has 0 fully saturated rings. The van der Waals surface area contributed by atoms with Gasteiger partial charge in [0.1, 0.15) is 5.82 Å². The Morgan fingerprint density at radius 2 is 1.91 bits per heavy atom. The second-order valence-electron chi connectivity index (χ2n) is 6.55. The lowest BCUT2D eigenvalue weighted by atomic mass is 10.1. The van der Waals surface area contributed by atoms with Crippen molar-refractivity contribution in [1.82, 2.24) is 9.55 Å². The van der Waals surface area contributed by atoms with Gasteiger partial charge in [0, 0.05) is 19.4 Å². The molecule has 1 heterocycles. The normalized spacial score (nSPS) is 11.5. The van der Waals surface area contributed by atoms with E-state index < -0.39 is 5.97 Å². The molecular weight excluding hydrogens is 276 g/mol. The first-order chi connectivity index (χ1) is 10.4. The number of aliphatic carboxylic acids is 1. The van der Waals surface area contributed by atoms with Crippen molar-refractivity contribution in [3.63, 3.8) is 0 Å². The Hall–Kier alpha value is -1.84. The second-order valence-corrected chi connectivity index (χ2v) is 6.55. The van der Waals surface area contributed by atoms with Crippen LogP contribution in [0.4, 0.5) is 0 Å². The number of hydrogen-bond donors (Lipinski definition) is 1. The van der Waals surface area contributed by atoms with Crippen molar-refractivity contribution in [2.75, 3.05) is 0 Å². The summed E-state index contributed by atoms with van der Waals surface area (Å²) in [6.45, 7) is 9.48. The van der Waals surface area contributed by atoms with Gasteiger partial charge in [0.25, 0.3) is 0 Å². The Bertz CT molecular complexity index is 671. The first-order valence-electron chi connectivity index (χ1n) is 8.06. The number of nitrogens with zero attached hydrogens (tertiary/aromatic N) is 2. The Morgan fingerprint density at radius 1 is 1.23 bits per heavy atom. The molecule has 22 heavy (non-hydrogen) atoms. The smallest absolute Gasteiger partial charge is 0.303 e. The van der Waals surface area contributed by atoms with Crippen molar-refractivity contribution in [2.45, 2.75) is 59.9 Å². The molecule has 4 nitrogen and oxygen atoms in total. The summed E-state index contributed by atoms with van der Waals surface area (Å²) < 4.78 is 2.28. The molecule has 0 aliphatic carbocycles. The van der Waals surface area contributed by atoms with Crippen LogP contribution >= 0.6 is 0 Å². The number of carbonyl (C=O) groups is 1. The Morgan fingerprint density at radius 3 is 2.55 bits per heavy atom. The highest BCUT2D eigenvalue weighted by atomic mass is 16.4. The zero-order chi connectivity index (χ0) is 16.3.